The van der Waals surface area contributed by atoms with Crippen LogP contribution in [0, 0.1) is 11.6 Å². The molecule has 2 N–H and O–H groups in total. The number of nitrogens with two attached hydrogens (primary N) is 1. The summed E-state index contributed by atoms with van der Waals surface area (Å²) in [4.78, 5) is 0. The molecule has 1 heterocycles. The predicted molar refractivity (Wildman–Crippen MR) is 52.4 cm³/mol. The van der Waals surface area contributed by atoms with E-state index in [1.807, 2.05) is 0 Å². The zero-order chi connectivity index (χ0) is 10.9. The Labute approximate surface area is 87.0 Å². The molecule has 82 valence electrons. The van der Waals surface area contributed by atoms with E-state index in [4.69, 9.17) is 10.5 Å². The Morgan fingerprint density at radius 2 is 2.20 bits per heavy atom. The second-order valence-corrected chi connectivity index (χ2v) is 4.08. The minimum Gasteiger partial charge on any atom is -0.379 e. The van der Waals surface area contributed by atoms with Gasteiger partial charge in [0, 0.05) is 12.1 Å². The lowest BCUT2D eigenvalue weighted by Crippen LogP contribution is -2.42. The molecule has 2 rings (SSSR count). The summed E-state index contributed by atoms with van der Waals surface area (Å²) in [6.45, 7) is 0.996. The Hall–Kier alpha value is -1.00. The van der Waals surface area contributed by atoms with Crippen molar-refractivity contribution in [2.24, 2.45) is 5.73 Å². The molecule has 0 saturated carbocycles. The molecule has 2 nitrogen and oxygen atoms in total. The van der Waals surface area contributed by atoms with E-state index in [9.17, 15) is 8.78 Å². The number of hydrogen-bond donors (Lipinski definition) is 1. The minimum absolute atomic E-state index is 0.316. The SMILES string of the molecule is NC1(Cc2cc(F)ccc2F)CCOC1. The first-order valence-corrected chi connectivity index (χ1v) is 4.90. The van der Waals surface area contributed by atoms with Gasteiger partial charge in [-0.25, -0.2) is 8.78 Å². The van der Waals surface area contributed by atoms with Crippen LogP contribution in [-0.2, 0) is 11.2 Å². The maximum absolute atomic E-state index is 13.3. The molecule has 15 heavy (non-hydrogen) atoms. The van der Waals surface area contributed by atoms with Crippen LogP contribution in [0.5, 0.6) is 0 Å². The molecular weight excluding hydrogens is 200 g/mol. The van der Waals surface area contributed by atoms with E-state index in [2.05, 4.69) is 0 Å². The van der Waals surface area contributed by atoms with Gasteiger partial charge in [0.25, 0.3) is 0 Å². The smallest absolute Gasteiger partial charge is 0.126 e. The Balaban J connectivity index is 2.19. The van der Waals surface area contributed by atoms with Crippen molar-refractivity contribution < 1.29 is 13.5 Å². The van der Waals surface area contributed by atoms with Crippen molar-refractivity contribution in [1.82, 2.24) is 0 Å². The molecular formula is C11H13F2NO. The molecule has 4 heteroatoms. The third kappa shape index (κ3) is 2.33. The summed E-state index contributed by atoms with van der Waals surface area (Å²) in [5.74, 6) is -0.845. The first-order chi connectivity index (χ1) is 7.09. The quantitative estimate of drug-likeness (QED) is 0.810. The molecule has 0 radical (unpaired) electrons. The number of hydrogen-bond acceptors (Lipinski definition) is 2. The second kappa shape index (κ2) is 3.87. The average Bonchev–Trinajstić information content (AvgIpc) is 2.59. The number of ether oxygens (including phenoxy) is 1. The first kappa shape index (κ1) is 10.5. The van der Waals surface area contributed by atoms with E-state index in [1.54, 1.807) is 0 Å². The molecule has 1 aliphatic rings. The van der Waals surface area contributed by atoms with Crippen LogP contribution < -0.4 is 5.73 Å². The molecule has 1 aromatic carbocycles. The lowest BCUT2D eigenvalue weighted by Gasteiger charge is -2.21. The van der Waals surface area contributed by atoms with Crippen LogP contribution in [0.4, 0.5) is 8.78 Å². The summed E-state index contributed by atoms with van der Waals surface area (Å²) < 4.78 is 31.4. The molecule has 1 saturated heterocycles. The molecule has 1 aliphatic heterocycles. The summed E-state index contributed by atoms with van der Waals surface area (Å²) in [7, 11) is 0. The molecule has 1 atom stereocenters. The highest BCUT2D eigenvalue weighted by atomic mass is 19.1. The van der Waals surface area contributed by atoms with Gasteiger partial charge in [0.2, 0.25) is 0 Å². The molecule has 0 spiro atoms. The lowest BCUT2D eigenvalue weighted by molar-refractivity contribution is 0.177. The highest BCUT2D eigenvalue weighted by Gasteiger charge is 2.31. The lowest BCUT2D eigenvalue weighted by atomic mass is 9.91. The van der Waals surface area contributed by atoms with E-state index >= 15 is 0 Å². The van der Waals surface area contributed by atoms with Crippen molar-refractivity contribution in [2.45, 2.75) is 18.4 Å². The van der Waals surface area contributed by atoms with Gasteiger partial charge < -0.3 is 10.5 Å². The molecule has 0 aliphatic carbocycles. The number of rotatable bonds is 2. The van der Waals surface area contributed by atoms with Gasteiger partial charge in [0.05, 0.1) is 6.61 Å². The van der Waals surface area contributed by atoms with E-state index in [0.717, 1.165) is 12.1 Å². The maximum atomic E-state index is 13.3. The van der Waals surface area contributed by atoms with Crippen molar-refractivity contribution in [1.29, 1.82) is 0 Å². The third-order valence-electron chi connectivity index (χ3n) is 2.68. The summed E-state index contributed by atoms with van der Waals surface area (Å²) in [5, 5.41) is 0. The van der Waals surface area contributed by atoms with Crippen LogP contribution in [0.3, 0.4) is 0 Å². The van der Waals surface area contributed by atoms with Gasteiger partial charge in [-0.2, -0.15) is 0 Å². The molecule has 1 aromatic rings. The molecule has 0 aromatic heterocycles. The van der Waals surface area contributed by atoms with Gasteiger partial charge in [0.15, 0.2) is 0 Å². The zero-order valence-corrected chi connectivity index (χ0v) is 8.30. The van der Waals surface area contributed by atoms with Crippen LogP contribution in [-0.4, -0.2) is 18.8 Å². The van der Waals surface area contributed by atoms with Crippen LogP contribution >= 0.6 is 0 Å². The topological polar surface area (TPSA) is 35.2 Å². The fourth-order valence-electron chi connectivity index (χ4n) is 1.82. The van der Waals surface area contributed by atoms with E-state index in [-0.39, 0.29) is 0 Å². The van der Waals surface area contributed by atoms with E-state index < -0.39 is 17.2 Å². The minimum atomic E-state index is -0.547. The summed E-state index contributed by atoms with van der Waals surface area (Å²) >= 11 is 0. The first-order valence-electron chi connectivity index (χ1n) is 4.90. The maximum Gasteiger partial charge on any atom is 0.126 e. The van der Waals surface area contributed by atoms with Crippen molar-refractivity contribution in [2.75, 3.05) is 13.2 Å². The Morgan fingerprint density at radius 1 is 1.40 bits per heavy atom. The Kier molecular flexibility index (Phi) is 2.71. The van der Waals surface area contributed by atoms with Crippen LogP contribution in [0.2, 0.25) is 0 Å². The normalized spacial score (nSPS) is 25.8. The van der Waals surface area contributed by atoms with Crippen LogP contribution in [0.25, 0.3) is 0 Å². The summed E-state index contributed by atoms with van der Waals surface area (Å²) in [5.41, 5.74) is 5.77. The highest BCUT2D eigenvalue weighted by molar-refractivity contribution is 5.21. The third-order valence-corrected chi connectivity index (χ3v) is 2.68. The van der Waals surface area contributed by atoms with Crippen LogP contribution in [0.1, 0.15) is 12.0 Å². The predicted octanol–water partition coefficient (Wildman–Crippen LogP) is 1.63. The fourth-order valence-corrected chi connectivity index (χ4v) is 1.82. The van der Waals surface area contributed by atoms with Crippen molar-refractivity contribution >= 4 is 0 Å². The Bertz CT molecular complexity index is 362. The number of halogens is 2. The molecule has 0 amide bonds. The average molecular weight is 213 g/mol. The van der Waals surface area contributed by atoms with E-state index in [1.165, 1.54) is 6.07 Å². The van der Waals surface area contributed by atoms with Crippen molar-refractivity contribution in [3.8, 4) is 0 Å². The van der Waals surface area contributed by atoms with Gasteiger partial charge in [-0.05, 0) is 36.6 Å². The molecule has 0 bridgehead atoms. The van der Waals surface area contributed by atoms with Crippen molar-refractivity contribution in [3.63, 3.8) is 0 Å². The largest absolute Gasteiger partial charge is 0.379 e. The van der Waals surface area contributed by atoms with Gasteiger partial charge in [0.1, 0.15) is 11.6 Å². The monoisotopic (exact) mass is 213 g/mol. The number of benzene rings is 1. The summed E-state index contributed by atoms with van der Waals surface area (Å²) in [6.07, 6.45) is 1.000. The van der Waals surface area contributed by atoms with Gasteiger partial charge in [-0.3, -0.25) is 0 Å². The standard InChI is InChI=1S/C11H13F2NO/c12-9-1-2-10(13)8(5-9)6-11(14)3-4-15-7-11/h1-2,5H,3-4,6-7,14H2. The van der Waals surface area contributed by atoms with Crippen LogP contribution in [0.15, 0.2) is 18.2 Å². The Morgan fingerprint density at radius 3 is 2.87 bits per heavy atom. The van der Waals surface area contributed by atoms with E-state index in [0.29, 0.717) is 31.6 Å². The van der Waals surface area contributed by atoms with Gasteiger partial charge >= 0.3 is 0 Å². The van der Waals surface area contributed by atoms with Gasteiger partial charge in [-0.15, -0.1) is 0 Å². The van der Waals surface area contributed by atoms with Gasteiger partial charge in [-0.1, -0.05) is 0 Å². The zero-order valence-electron chi connectivity index (χ0n) is 8.30. The van der Waals surface area contributed by atoms with Crippen molar-refractivity contribution in [3.05, 3.63) is 35.4 Å². The fraction of sp³-hybridized carbons (Fsp3) is 0.455. The molecule has 1 unspecified atom stereocenters. The summed E-state index contributed by atoms with van der Waals surface area (Å²) in [6, 6.07) is 3.43. The highest BCUT2D eigenvalue weighted by Crippen LogP contribution is 2.22. The second-order valence-electron chi connectivity index (χ2n) is 4.08. The molecule has 1 fully saturated rings.